The standard InChI is InChI=1S/C25H32ClN3O5S/c1-15-20(34-19-10-6-7-16(11-19)24(30)32-3)13-27-23(28-15)22-17(12-21(26)35-22)14-33-25(31)29(2)18-8-4-5-9-18/h12-13,16,18-19H,4-11,14H2,1-3H3/t16-,19-/m0/s1. The van der Waals surface area contributed by atoms with E-state index in [1.54, 1.807) is 24.2 Å². The number of carbonyl (C=O) groups is 2. The molecular formula is C25H32ClN3O5S. The van der Waals surface area contributed by atoms with E-state index in [-0.39, 0.29) is 36.7 Å². The highest BCUT2D eigenvalue weighted by Gasteiger charge is 2.30. The minimum atomic E-state index is -0.330. The zero-order valence-corrected chi connectivity index (χ0v) is 22.0. The number of aromatic nitrogens is 2. The summed E-state index contributed by atoms with van der Waals surface area (Å²) in [5, 5.41) is 0. The monoisotopic (exact) mass is 521 g/mol. The Morgan fingerprint density at radius 2 is 1.97 bits per heavy atom. The van der Waals surface area contributed by atoms with Gasteiger partial charge in [-0.3, -0.25) is 4.79 Å². The van der Waals surface area contributed by atoms with Crippen molar-refractivity contribution in [2.24, 2.45) is 5.92 Å². The van der Waals surface area contributed by atoms with Crippen molar-refractivity contribution >= 4 is 35.0 Å². The molecule has 2 heterocycles. The Kier molecular flexibility index (Phi) is 8.49. The molecule has 35 heavy (non-hydrogen) atoms. The van der Waals surface area contributed by atoms with E-state index >= 15 is 0 Å². The molecular weight excluding hydrogens is 490 g/mol. The molecule has 2 aliphatic rings. The fourth-order valence-corrected chi connectivity index (χ4v) is 6.06. The zero-order valence-electron chi connectivity index (χ0n) is 20.4. The lowest BCUT2D eigenvalue weighted by Crippen LogP contribution is -2.35. The van der Waals surface area contributed by atoms with Crippen molar-refractivity contribution in [2.75, 3.05) is 14.2 Å². The van der Waals surface area contributed by atoms with E-state index in [0.29, 0.717) is 28.0 Å². The van der Waals surface area contributed by atoms with Crippen molar-refractivity contribution in [3.63, 3.8) is 0 Å². The van der Waals surface area contributed by atoms with Crippen molar-refractivity contribution in [3.05, 3.63) is 27.9 Å². The molecule has 0 saturated heterocycles. The van der Waals surface area contributed by atoms with Crippen molar-refractivity contribution in [2.45, 2.75) is 77.0 Å². The summed E-state index contributed by atoms with van der Waals surface area (Å²) in [4.78, 5) is 36.1. The molecule has 190 valence electrons. The van der Waals surface area contributed by atoms with E-state index in [4.69, 9.17) is 25.8 Å². The minimum absolute atomic E-state index is 0.0796. The van der Waals surface area contributed by atoms with Crippen LogP contribution in [0.3, 0.4) is 0 Å². The fourth-order valence-electron chi connectivity index (χ4n) is 4.87. The third-order valence-electron chi connectivity index (χ3n) is 6.88. The summed E-state index contributed by atoms with van der Waals surface area (Å²) in [5.41, 5.74) is 1.47. The van der Waals surface area contributed by atoms with E-state index in [9.17, 15) is 9.59 Å². The van der Waals surface area contributed by atoms with Crippen LogP contribution in [0.4, 0.5) is 4.79 Å². The van der Waals surface area contributed by atoms with Crippen molar-refractivity contribution in [1.29, 1.82) is 0 Å². The Morgan fingerprint density at radius 3 is 2.69 bits per heavy atom. The van der Waals surface area contributed by atoms with Gasteiger partial charge in [0.2, 0.25) is 0 Å². The number of ether oxygens (including phenoxy) is 3. The molecule has 0 spiro atoms. The van der Waals surface area contributed by atoms with E-state index in [1.165, 1.54) is 18.4 Å². The van der Waals surface area contributed by atoms with Crippen molar-refractivity contribution in [1.82, 2.24) is 14.9 Å². The van der Waals surface area contributed by atoms with E-state index in [1.807, 2.05) is 6.92 Å². The molecule has 0 aliphatic heterocycles. The Labute approximate surface area is 214 Å². The highest BCUT2D eigenvalue weighted by Crippen LogP contribution is 2.36. The van der Waals surface area contributed by atoms with Gasteiger partial charge in [0.05, 0.1) is 40.2 Å². The second-order valence-electron chi connectivity index (χ2n) is 9.28. The maximum Gasteiger partial charge on any atom is 0.410 e. The molecule has 1 amide bonds. The zero-order chi connectivity index (χ0) is 24.9. The maximum atomic E-state index is 12.5. The number of esters is 1. The van der Waals surface area contributed by atoms with Gasteiger partial charge in [0.25, 0.3) is 0 Å². The molecule has 0 aromatic carbocycles. The highest BCUT2D eigenvalue weighted by atomic mass is 35.5. The van der Waals surface area contributed by atoms with E-state index in [2.05, 4.69) is 9.97 Å². The molecule has 2 aliphatic carbocycles. The fraction of sp³-hybridized carbons (Fsp3) is 0.600. The second-order valence-corrected chi connectivity index (χ2v) is 11.0. The van der Waals surface area contributed by atoms with E-state index in [0.717, 1.165) is 55.4 Å². The van der Waals surface area contributed by atoms with Crippen LogP contribution in [-0.4, -0.2) is 53.2 Å². The first-order valence-electron chi connectivity index (χ1n) is 12.1. The summed E-state index contributed by atoms with van der Waals surface area (Å²) in [5.74, 6) is 0.792. The summed E-state index contributed by atoms with van der Waals surface area (Å²) in [6.45, 7) is 1.97. The molecule has 10 heteroatoms. The number of halogens is 1. The van der Waals surface area contributed by atoms with Crippen LogP contribution in [0.1, 0.15) is 62.6 Å². The smallest absolute Gasteiger partial charge is 0.410 e. The van der Waals surface area contributed by atoms with Crippen molar-refractivity contribution in [3.8, 4) is 16.5 Å². The van der Waals surface area contributed by atoms with Gasteiger partial charge in [-0.2, -0.15) is 0 Å². The minimum Gasteiger partial charge on any atom is -0.487 e. The van der Waals surface area contributed by atoms with Gasteiger partial charge in [0.15, 0.2) is 11.6 Å². The maximum absolute atomic E-state index is 12.5. The molecule has 4 rings (SSSR count). The predicted octanol–water partition coefficient (Wildman–Crippen LogP) is 5.79. The lowest BCUT2D eigenvalue weighted by molar-refractivity contribution is -0.147. The van der Waals surface area contributed by atoms with Crippen LogP contribution >= 0.6 is 22.9 Å². The average Bonchev–Trinajstić information content (AvgIpc) is 3.53. The van der Waals surface area contributed by atoms with Crippen LogP contribution < -0.4 is 4.74 Å². The second kappa shape index (κ2) is 11.6. The number of hydrogen-bond acceptors (Lipinski definition) is 8. The third-order valence-corrected chi connectivity index (χ3v) is 8.18. The van der Waals surface area contributed by atoms with Crippen LogP contribution in [0.2, 0.25) is 4.34 Å². The Bertz CT molecular complexity index is 1060. The Balaban J connectivity index is 1.42. The number of aryl methyl sites for hydroxylation is 1. The first-order valence-corrected chi connectivity index (χ1v) is 13.3. The van der Waals surface area contributed by atoms with Gasteiger partial charge < -0.3 is 19.1 Å². The molecule has 2 fully saturated rings. The predicted molar refractivity (Wildman–Crippen MR) is 134 cm³/mol. The quantitative estimate of drug-likeness (QED) is 0.426. The molecule has 0 bridgehead atoms. The highest BCUT2D eigenvalue weighted by molar-refractivity contribution is 7.19. The molecule has 2 aromatic rings. The number of hydrogen-bond donors (Lipinski definition) is 0. The number of methoxy groups -OCH3 is 1. The van der Waals surface area contributed by atoms with Crippen molar-refractivity contribution < 1.29 is 23.8 Å². The topological polar surface area (TPSA) is 90.8 Å². The van der Waals surface area contributed by atoms with E-state index < -0.39 is 0 Å². The van der Waals surface area contributed by atoms with Crippen LogP contribution in [-0.2, 0) is 20.9 Å². The first-order chi connectivity index (χ1) is 16.9. The SMILES string of the molecule is COC(=O)[C@H]1CCC[C@H](Oc2cnc(-c3sc(Cl)cc3COC(=O)N(C)C3CCCC3)nc2C)C1. The van der Waals surface area contributed by atoms with Crippen LogP contribution in [0.5, 0.6) is 5.75 Å². The normalized spacial score (nSPS) is 20.5. The molecule has 2 atom stereocenters. The average molecular weight is 522 g/mol. The van der Waals surface area contributed by atoms with Crippen LogP contribution in [0.25, 0.3) is 10.7 Å². The number of rotatable bonds is 7. The largest absolute Gasteiger partial charge is 0.487 e. The number of thiophene rings is 1. The molecule has 0 radical (unpaired) electrons. The molecule has 0 N–H and O–H groups in total. The van der Waals surface area contributed by atoms with Gasteiger partial charge in [0, 0.05) is 18.7 Å². The van der Waals surface area contributed by atoms with Gasteiger partial charge in [0.1, 0.15) is 6.61 Å². The molecule has 8 nitrogen and oxygen atoms in total. The number of carbonyl (C=O) groups excluding carboxylic acids is 2. The summed E-state index contributed by atoms with van der Waals surface area (Å²) >= 11 is 7.65. The summed E-state index contributed by atoms with van der Waals surface area (Å²) in [6.07, 6.45) is 8.83. The van der Waals surface area contributed by atoms with Gasteiger partial charge in [-0.05, 0) is 51.5 Å². The van der Waals surface area contributed by atoms with Crippen LogP contribution in [0, 0.1) is 12.8 Å². The Hall–Kier alpha value is -2.39. The number of nitrogens with zero attached hydrogens (tertiary/aromatic N) is 3. The summed E-state index contributed by atoms with van der Waals surface area (Å²) in [7, 11) is 3.22. The van der Waals surface area contributed by atoms with Gasteiger partial charge in [-0.15, -0.1) is 11.3 Å². The van der Waals surface area contributed by atoms with Gasteiger partial charge >= 0.3 is 12.1 Å². The molecule has 0 unspecified atom stereocenters. The molecule has 2 aromatic heterocycles. The van der Waals surface area contributed by atoms with Gasteiger partial charge in [-0.25, -0.2) is 14.8 Å². The Morgan fingerprint density at radius 1 is 1.20 bits per heavy atom. The third kappa shape index (κ3) is 6.25. The van der Waals surface area contributed by atoms with Crippen LogP contribution in [0.15, 0.2) is 12.3 Å². The lowest BCUT2D eigenvalue weighted by Gasteiger charge is -2.28. The first kappa shape index (κ1) is 25.7. The lowest BCUT2D eigenvalue weighted by atomic mass is 9.87. The summed E-state index contributed by atoms with van der Waals surface area (Å²) < 4.78 is 17.2. The summed E-state index contributed by atoms with van der Waals surface area (Å²) in [6, 6.07) is 2.04. The van der Waals surface area contributed by atoms with Gasteiger partial charge in [-0.1, -0.05) is 24.4 Å². The number of amides is 1. The molecule has 2 saturated carbocycles.